The monoisotopic (exact) mass is 537 g/mol. The molecule has 0 aromatic heterocycles. The summed E-state index contributed by atoms with van der Waals surface area (Å²) < 4.78 is 3.39. The largest absolute Gasteiger partial charge is 0.479 e. The van der Waals surface area contributed by atoms with E-state index in [2.05, 4.69) is 16.1 Å². The quantitative estimate of drug-likeness (QED) is 0.346. The highest BCUT2D eigenvalue weighted by atomic mass is 35.5. The van der Waals surface area contributed by atoms with Gasteiger partial charge in [-0.2, -0.15) is 0 Å². The lowest BCUT2D eigenvalue weighted by atomic mass is 9.89. The molecule has 1 fully saturated rings. The van der Waals surface area contributed by atoms with Crippen LogP contribution in [-0.2, 0) is 9.59 Å². The minimum Gasteiger partial charge on any atom is -0.479 e. The first kappa shape index (κ1) is 26.6. The van der Waals surface area contributed by atoms with Crippen molar-refractivity contribution in [3.63, 3.8) is 0 Å². The van der Waals surface area contributed by atoms with Gasteiger partial charge in [0.1, 0.15) is 0 Å². The number of anilines is 1. The molecular formula is C28H28ClN3O4S. The van der Waals surface area contributed by atoms with E-state index in [9.17, 15) is 19.5 Å². The first-order valence-electron chi connectivity index (χ1n) is 11.7. The van der Waals surface area contributed by atoms with Crippen molar-refractivity contribution >= 4 is 47.0 Å². The van der Waals surface area contributed by atoms with Gasteiger partial charge < -0.3 is 20.0 Å². The van der Waals surface area contributed by atoms with E-state index in [0.717, 1.165) is 43.4 Å². The number of carbonyl (C=O) groups excluding carboxylic acids is 2. The average Bonchev–Trinajstić information content (AvgIpc) is 2.82. The Labute approximate surface area is 225 Å². The zero-order chi connectivity index (χ0) is 26.9. The Hall–Kier alpha value is -3.49. The van der Waals surface area contributed by atoms with Gasteiger partial charge in [-0.05, 0) is 90.9 Å². The zero-order valence-electron chi connectivity index (χ0n) is 21.0. The predicted octanol–water partition coefficient (Wildman–Crippen LogP) is 5.47. The maximum absolute atomic E-state index is 13.0. The number of rotatable bonds is 7. The minimum absolute atomic E-state index is 0.0482. The lowest BCUT2D eigenvalue weighted by Gasteiger charge is -2.46. The minimum atomic E-state index is -1.47. The van der Waals surface area contributed by atoms with Crippen LogP contribution >= 0.6 is 23.5 Å². The molecule has 0 radical (unpaired) electrons. The normalized spacial score (nSPS) is 14.0. The summed E-state index contributed by atoms with van der Waals surface area (Å²) in [6.07, 6.45) is 0. The number of carboxylic acids is 1. The molecule has 0 bridgehead atoms. The molecule has 1 heterocycles. The van der Waals surface area contributed by atoms with Gasteiger partial charge in [-0.3, -0.25) is 9.59 Å². The highest BCUT2D eigenvalue weighted by Gasteiger charge is 2.52. The number of hydrogen-bond acceptors (Lipinski definition) is 5. The summed E-state index contributed by atoms with van der Waals surface area (Å²) in [4.78, 5) is 38.8. The molecule has 0 aliphatic carbocycles. The summed E-state index contributed by atoms with van der Waals surface area (Å²) in [5.41, 5.74) is 4.59. The lowest BCUT2D eigenvalue weighted by Crippen LogP contribution is -2.74. The molecule has 9 heteroatoms. The fourth-order valence-electron chi connectivity index (χ4n) is 4.22. The van der Waals surface area contributed by atoms with Crippen LogP contribution in [0.5, 0.6) is 0 Å². The molecule has 0 saturated carbocycles. The molecule has 0 spiro atoms. The summed E-state index contributed by atoms with van der Waals surface area (Å²) in [5.74, 6) is -1.85. The zero-order valence-corrected chi connectivity index (χ0v) is 22.6. The molecule has 3 aromatic rings. The van der Waals surface area contributed by atoms with Crippen LogP contribution in [0.1, 0.15) is 34.0 Å². The fraction of sp³-hybridized carbons (Fsp3) is 0.250. The van der Waals surface area contributed by atoms with E-state index in [1.807, 2.05) is 63.2 Å². The molecule has 1 aliphatic heterocycles. The van der Waals surface area contributed by atoms with Gasteiger partial charge in [-0.1, -0.05) is 35.9 Å². The number of carbonyl (C=O) groups is 3. The van der Waals surface area contributed by atoms with Crippen LogP contribution in [0.3, 0.4) is 0 Å². The third kappa shape index (κ3) is 5.60. The average molecular weight is 538 g/mol. The molecule has 1 saturated heterocycles. The van der Waals surface area contributed by atoms with Crippen LogP contribution in [0.25, 0.3) is 11.1 Å². The first-order valence-corrected chi connectivity index (χ1v) is 12.9. The SMILES string of the molecule is CC(=O)N1CC(NC(=O)c2ccc(-c3cccc(NSc4cc(C)c(Cl)cc4C)c3)cc2C)(C(=O)O)C1. The van der Waals surface area contributed by atoms with Crippen LogP contribution in [0.4, 0.5) is 5.69 Å². The van der Waals surface area contributed by atoms with E-state index in [0.29, 0.717) is 5.56 Å². The third-order valence-corrected chi connectivity index (χ3v) is 7.94. The summed E-state index contributed by atoms with van der Waals surface area (Å²) in [6.45, 7) is 7.10. The van der Waals surface area contributed by atoms with Crippen molar-refractivity contribution in [1.29, 1.82) is 0 Å². The number of benzene rings is 3. The Morgan fingerprint density at radius 2 is 1.65 bits per heavy atom. The topological polar surface area (TPSA) is 98.7 Å². The summed E-state index contributed by atoms with van der Waals surface area (Å²) >= 11 is 7.73. The predicted molar refractivity (Wildman–Crippen MR) is 147 cm³/mol. The third-order valence-electron chi connectivity index (χ3n) is 6.53. The molecule has 192 valence electrons. The number of halogens is 1. The van der Waals surface area contributed by atoms with Gasteiger partial charge in [0.15, 0.2) is 5.54 Å². The number of carboxylic acid groups (broad SMARTS) is 1. The Morgan fingerprint density at radius 1 is 0.946 bits per heavy atom. The fourth-order valence-corrected chi connectivity index (χ4v) is 5.25. The Morgan fingerprint density at radius 3 is 2.30 bits per heavy atom. The van der Waals surface area contributed by atoms with Crippen molar-refractivity contribution in [3.05, 3.63) is 81.9 Å². The summed E-state index contributed by atoms with van der Waals surface area (Å²) in [5, 5.41) is 13.0. The smallest absolute Gasteiger partial charge is 0.333 e. The van der Waals surface area contributed by atoms with Gasteiger partial charge in [0.2, 0.25) is 5.91 Å². The van der Waals surface area contributed by atoms with Crippen LogP contribution in [0.15, 0.2) is 59.5 Å². The van der Waals surface area contributed by atoms with E-state index in [-0.39, 0.29) is 19.0 Å². The Kier molecular flexibility index (Phi) is 7.52. The molecule has 37 heavy (non-hydrogen) atoms. The first-order chi connectivity index (χ1) is 17.5. The summed E-state index contributed by atoms with van der Waals surface area (Å²) in [6, 6.07) is 17.4. The molecule has 0 unspecified atom stereocenters. The van der Waals surface area contributed by atoms with Crippen LogP contribution in [0, 0.1) is 20.8 Å². The number of aliphatic carboxylic acids is 1. The van der Waals surface area contributed by atoms with E-state index < -0.39 is 17.4 Å². The highest BCUT2D eigenvalue weighted by molar-refractivity contribution is 8.00. The van der Waals surface area contributed by atoms with E-state index in [4.69, 9.17) is 11.6 Å². The molecule has 1 aliphatic rings. The van der Waals surface area contributed by atoms with Crippen LogP contribution in [0.2, 0.25) is 5.02 Å². The van der Waals surface area contributed by atoms with E-state index in [1.165, 1.54) is 23.8 Å². The lowest BCUT2D eigenvalue weighted by molar-refractivity contribution is -0.156. The number of amides is 2. The van der Waals surface area contributed by atoms with Crippen molar-refractivity contribution in [2.75, 3.05) is 17.8 Å². The van der Waals surface area contributed by atoms with Crippen molar-refractivity contribution in [2.24, 2.45) is 0 Å². The molecule has 2 amide bonds. The maximum atomic E-state index is 13.0. The van der Waals surface area contributed by atoms with E-state index >= 15 is 0 Å². The number of aryl methyl sites for hydroxylation is 3. The number of nitrogens with zero attached hydrogens (tertiary/aromatic N) is 1. The maximum Gasteiger partial charge on any atom is 0.333 e. The molecule has 7 nitrogen and oxygen atoms in total. The van der Waals surface area contributed by atoms with Crippen molar-refractivity contribution in [1.82, 2.24) is 10.2 Å². The molecule has 0 atom stereocenters. The van der Waals surface area contributed by atoms with Gasteiger partial charge in [0, 0.05) is 28.1 Å². The summed E-state index contributed by atoms with van der Waals surface area (Å²) in [7, 11) is 0. The number of nitrogens with one attached hydrogen (secondary N) is 2. The second-order valence-corrected chi connectivity index (χ2v) is 10.7. The van der Waals surface area contributed by atoms with Gasteiger partial charge in [-0.15, -0.1) is 0 Å². The van der Waals surface area contributed by atoms with Crippen LogP contribution < -0.4 is 10.0 Å². The molecular weight excluding hydrogens is 510 g/mol. The molecule has 3 aromatic carbocycles. The van der Waals surface area contributed by atoms with Gasteiger partial charge >= 0.3 is 5.97 Å². The molecule has 4 rings (SSSR count). The second kappa shape index (κ2) is 10.5. The van der Waals surface area contributed by atoms with Gasteiger partial charge in [0.25, 0.3) is 5.91 Å². The molecule has 3 N–H and O–H groups in total. The van der Waals surface area contributed by atoms with E-state index in [1.54, 1.807) is 6.07 Å². The van der Waals surface area contributed by atoms with Gasteiger partial charge in [0.05, 0.1) is 13.1 Å². The second-order valence-electron chi connectivity index (χ2n) is 9.40. The Balaban J connectivity index is 1.48. The highest BCUT2D eigenvalue weighted by Crippen LogP contribution is 2.31. The number of likely N-dealkylation sites (tertiary alicyclic amines) is 1. The van der Waals surface area contributed by atoms with Gasteiger partial charge in [-0.25, -0.2) is 4.79 Å². The number of hydrogen-bond donors (Lipinski definition) is 3. The van der Waals surface area contributed by atoms with Crippen molar-refractivity contribution in [3.8, 4) is 11.1 Å². The standard InChI is InChI=1S/C28H28ClN3O4S/c1-16-10-21(8-9-23(16)26(34)30-28(27(35)36)14-32(15-28)19(4)33)20-6-5-7-22(13-20)31-37-25-12-17(2)24(29)11-18(25)3/h5-13,31H,14-15H2,1-4H3,(H,30,34)(H,35,36). The van der Waals surface area contributed by atoms with Crippen molar-refractivity contribution in [2.45, 2.75) is 38.1 Å². The van der Waals surface area contributed by atoms with Crippen LogP contribution in [-0.4, -0.2) is 46.4 Å². The van der Waals surface area contributed by atoms with Crippen molar-refractivity contribution < 1.29 is 19.5 Å². The Bertz CT molecular complexity index is 1400.